The Labute approximate surface area is 92.5 Å². The smallest absolute Gasteiger partial charge is 0.105 e. The van der Waals surface area contributed by atoms with Crippen LogP contribution in [-0.2, 0) is 0 Å². The zero-order valence-electron chi connectivity index (χ0n) is 10.4. The largest absolute Gasteiger partial charge is 0.466 e. The number of nitrogens with zero attached hydrogens (tertiary/aromatic N) is 1. The van der Waals surface area contributed by atoms with Gasteiger partial charge in [-0.25, -0.2) is 0 Å². The standard InChI is InChI=1S/C12H22N2O/c1-9-8-12(11(3)15-9)10(2)14(5)7-6-13-4/h8,10,13H,6-7H2,1-5H3. The Bertz CT molecular complexity index is 307. The van der Waals surface area contributed by atoms with Crippen LogP contribution in [0.3, 0.4) is 0 Å². The molecule has 1 N–H and O–H groups in total. The quantitative estimate of drug-likeness (QED) is 0.807. The predicted molar refractivity (Wildman–Crippen MR) is 63.2 cm³/mol. The highest BCUT2D eigenvalue weighted by molar-refractivity contribution is 5.23. The normalized spacial score (nSPS) is 13.5. The van der Waals surface area contributed by atoms with Gasteiger partial charge in [0.15, 0.2) is 0 Å². The molecule has 3 heteroatoms. The third-order valence-electron chi connectivity index (χ3n) is 2.91. The van der Waals surface area contributed by atoms with E-state index in [0.717, 1.165) is 24.6 Å². The van der Waals surface area contributed by atoms with Gasteiger partial charge in [0.05, 0.1) is 0 Å². The summed E-state index contributed by atoms with van der Waals surface area (Å²) in [6.07, 6.45) is 0. The van der Waals surface area contributed by atoms with E-state index in [0.29, 0.717) is 6.04 Å². The van der Waals surface area contributed by atoms with Crippen molar-refractivity contribution in [2.24, 2.45) is 0 Å². The molecule has 0 bridgehead atoms. The average molecular weight is 210 g/mol. The summed E-state index contributed by atoms with van der Waals surface area (Å²) in [4.78, 5) is 2.33. The monoisotopic (exact) mass is 210 g/mol. The van der Waals surface area contributed by atoms with Crippen LogP contribution in [-0.4, -0.2) is 32.1 Å². The van der Waals surface area contributed by atoms with Crippen molar-refractivity contribution in [2.75, 3.05) is 27.2 Å². The van der Waals surface area contributed by atoms with Gasteiger partial charge in [-0.05, 0) is 40.9 Å². The van der Waals surface area contributed by atoms with E-state index in [1.165, 1.54) is 5.56 Å². The van der Waals surface area contributed by atoms with Crippen LogP contribution in [0.25, 0.3) is 0 Å². The number of hydrogen-bond donors (Lipinski definition) is 1. The summed E-state index contributed by atoms with van der Waals surface area (Å²) in [6, 6.07) is 2.55. The topological polar surface area (TPSA) is 28.4 Å². The van der Waals surface area contributed by atoms with Gasteiger partial charge in [0, 0.05) is 24.7 Å². The van der Waals surface area contributed by atoms with E-state index in [1.807, 2.05) is 20.9 Å². The summed E-state index contributed by atoms with van der Waals surface area (Å²) in [5.74, 6) is 2.03. The maximum absolute atomic E-state index is 5.55. The molecule has 0 radical (unpaired) electrons. The van der Waals surface area contributed by atoms with Crippen LogP contribution in [0.1, 0.15) is 30.0 Å². The zero-order valence-corrected chi connectivity index (χ0v) is 10.4. The third kappa shape index (κ3) is 3.08. The Morgan fingerprint density at radius 1 is 1.47 bits per heavy atom. The predicted octanol–water partition coefficient (Wildman–Crippen LogP) is 2.11. The maximum Gasteiger partial charge on any atom is 0.105 e. The number of likely N-dealkylation sites (N-methyl/N-ethyl adjacent to an activating group) is 2. The Kier molecular flexibility index (Phi) is 4.36. The van der Waals surface area contributed by atoms with Crippen LogP contribution in [0.4, 0.5) is 0 Å². The third-order valence-corrected chi connectivity index (χ3v) is 2.91. The number of nitrogens with one attached hydrogen (secondary N) is 1. The Balaban J connectivity index is 2.66. The summed E-state index contributed by atoms with van der Waals surface area (Å²) < 4.78 is 5.55. The van der Waals surface area contributed by atoms with Gasteiger partial charge in [-0.15, -0.1) is 0 Å². The molecule has 0 fully saturated rings. The van der Waals surface area contributed by atoms with Gasteiger partial charge in [0.1, 0.15) is 11.5 Å². The lowest BCUT2D eigenvalue weighted by Crippen LogP contribution is -2.29. The molecule has 0 saturated carbocycles. The van der Waals surface area contributed by atoms with Gasteiger partial charge in [-0.2, -0.15) is 0 Å². The molecule has 1 atom stereocenters. The van der Waals surface area contributed by atoms with Crippen molar-refractivity contribution in [2.45, 2.75) is 26.8 Å². The second-order valence-corrected chi connectivity index (χ2v) is 4.13. The lowest BCUT2D eigenvalue weighted by Gasteiger charge is -2.24. The van der Waals surface area contributed by atoms with E-state index in [9.17, 15) is 0 Å². The molecule has 0 amide bonds. The molecule has 3 nitrogen and oxygen atoms in total. The van der Waals surface area contributed by atoms with Crippen LogP contribution >= 0.6 is 0 Å². The highest BCUT2D eigenvalue weighted by atomic mass is 16.3. The first-order valence-corrected chi connectivity index (χ1v) is 5.48. The first kappa shape index (κ1) is 12.3. The number of rotatable bonds is 5. The van der Waals surface area contributed by atoms with Gasteiger partial charge in [0.25, 0.3) is 0 Å². The first-order valence-electron chi connectivity index (χ1n) is 5.48. The number of hydrogen-bond acceptors (Lipinski definition) is 3. The fraction of sp³-hybridized carbons (Fsp3) is 0.667. The van der Waals surface area contributed by atoms with E-state index in [4.69, 9.17) is 4.42 Å². The molecule has 0 spiro atoms. The zero-order chi connectivity index (χ0) is 11.4. The molecular weight excluding hydrogens is 188 g/mol. The van der Waals surface area contributed by atoms with Gasteiger partial charge < -0.3 is 9.73 Å². The van der Waals surface area contributed by atoms with Crippen molar-refractivity contribution in [3.05, 3.63) is 23.2 Å². The van der Waals surface area contributed by atoms with Crippen molar-refractivity contribution >= 4 is 0 Å². The number of furan rings is 1. The molecular formula is C12H22N2O. The average Bonchev–Trinajstić information content (AvgIpc) is 2.53. The molecule has 1 rings (SSSR count). The molecule has 0 saturated heterocycles. The summed E-state index contributed by atoms with van der Waals surface area (Å²) in [6.45, 7) is 8.30. The minimum Gasteiger partial charge on any atom is -0.466 e. The summed E-state index contributed by atoms with van der Waals surface area (Å²) in [5, 5.41) is 3.16. The van der Waals surface area contributed by atoms with E-state index >= 15 is 0 Å². The van der Waals surface area contributed by atoms with Gasteiger partial charge in [-0.1, -0.05) is 0 Å². The molecule has 0 aromatic carbocycles. The molecule has 0 aliphatic carbocycles. The Hall–Kier alpha value is -0.800. The van der Waals surface area contributed by atoms with E-state index in [2.05, 4.69) is 30.3 Å². The molecule has 1 aromatic rings. The van der Waals surface area contributed by atoms with Crippen molar-refractivity contribution < 1.29 is 4.42 Å². The Morgan fingerprint density at radius 2 is 2.13 bits per heavy atom. The summed E-state index contributed by atoms with van der Waals surface area (Å²) >= 11 is 0. The molecule has 1 heterocycles. The minimum atomic E-state index is 0.413. The molecule has 0 aliphatic heterocycles. The highest BCUT2D eigenvalue weighted by Gasteiger charge is 2.16. The molecule has 1 aromatic heterocycles. The van der Waals surface area contributed by atoms with Gasteiger partial charge in [-0.3, -0.25) is 4.90 Å². The van der Waals surface area contributed by atoms with Crippen molar-refractivity contribution in [1.82, 2.24) is 10.2 Å². The van der Waals surface area contributed by atoms with Crippen molar-refractivity contribution in [3.8, 4) is 0 Å². The van der Waals surface area contributed by atoms with Crippen LogP contribution in [0.5, 0.6) is 0 Å². The van der Waals surface area contributed by atoms with Crippen LogP contribution in [0, 0.1) is 13.8 Å². The second kappa shape index (κ2) is 5.33. The van der Waals surface area contributed by atoms with E-state index < -0.39 is 0 Å². The van der Waals surface area contributed by atoms with Crippen LogP contribution in [0.15, 0.2) is 10.5 Å². The van der Waals surface area contributed by atoms with Gasteiger partial charge in [0.2, 0.25) is 0 Å². The van der Waals surface area contributed by atoms with Crippen molar-refractivity contribution in [1.29, 1.82) is 0 Å². The van der Waals surface area contributed by atoms with Crippen LogP contribution in [0.2, 0.25) is 0 Å². The fourth-order valence-electron chi connectivity index (χ4n) is 1.78. The minimum absolute atomic E-state index is 0.413. The van der Waals surface area contributed by atoms with E-state index in [1.54, 1.807) is 0 Å². The Morgan fingerprint density at radius 3 is 2.60 bits per heavy atom. The van der Waals surface area contributed by atoms with Crippen LogP contribution < -0.4 is 5.32 Å². The first-order chi connectivity index (χ1) is 7.06. The summed E-state index contributed by atoms with van der Waals surface area (Å²) in [7, 11) is 4.12. The van der Waals surface area contributed by atoms with E-state index in [-0.39, 0.29) is 0 Å². The molecule has 0 aliphatic rings. The fourth-order valence-corrected chi connectivity index (χ4v) is 1.78. The lowest BCUT2D eigenvalue weighted by atomic mass is 10.1. The SMILES string of the molecule is CNCCN(C)C(C)c1cc(C)oc1C. The molecule has 86 valence electrons. The number of aryl methyl sites for hydroxylation is 2. The maximum atomic E-state index is 5.55. The lowest BCUT2D eigenvalue weighted by molar-refractivity contribution is 0.261. The molecule has 15 heavy (non-hydrogen) atoms. The van der Waals surface area contributed by atoms with Crippen molar-refractivity contribution in [3.63, 3.8) is 0 Å². The summed E-state index contributed by atoms with van der Waals surface area (Å²) in [5.41, 5.74) is 1.30. The highest BCUT2D eigenvalue weighted by Crippen LogP contribution is 2.24. The van der Waals surface area contributed by atoms with Gasteiger partial charge >= 0.3 is 0 Å². The second-order valence-electron chi connectivity index (χ2n) is 4.13. The molecule has 1 unspecified atom stereocenters.